The zero-order valence-electron chi connectivity index (χ0n) is 38.6. The van der Waals surface area contributed by atoms with Crippen molar-refractivity contribution in [2.75, 3.05) is 40.4 Å². The first-order valence-corrected chi connectivity index (χ1v) is 24.2. The summed E-state index contributed by atoms with van der Waals surface area (Å²) in [5.41, 5.74) is 6.48. The fourth-order valence-electron chi connectivity index (χ4n) is 12.1. The summed E-state index contributed by atoms with van der Waals surface area (Å²) in [4.78, 5) is 26.0. The van der Waals surface area contributed by atoms with Gasteiger partial charge >= 0.3 is 0 Å². The van der Waals surface area contributed by atoms with Gasteiger partial charge in [0.1, 0.15) is 29.3 Å². The highest BCUT2D eigenvalue weighted by atomic mass is 16.5. The Morgan fingerprint density at radius 3 is 1.47 bits per heavy atom. The van der Waals surface area contributed by atoms with Crippen LogP contribution in [0.5, 0.6) is 23.3 Å². The van der Waals surface area contributed by atoms with Crippen LogP contribution in [0.25, 0.3) is 44.3 Å². The lowest BCUT2D eigenvalue weighted by molar-refractivity contribution is -0.0510. The lowest BCUT2D eigenvalue weighted by Crippen LogP contribution is -2.56. The molecule has 0 radical (unpaired) electrons. The third-order valence-corrected chi connectivity index (χ3v) is 15.6. The molecule has 10 atom stereocenters. The van der Waals surface area contributed by atoms with E-state index in [1.54, 1.807) is 14.2 Å². The molecule has 7 aromatic rings. The van der Waals surface area contributed by atoms with Crippen molar-refractivity contribution < 1.29 is 18.9 Å². The molecule has 0 saturated carbocycles. The maximum absolute atomic E-state index is 7.76. The zero-order valence-corrected chi connectivity index (χ0v) is 38.6. The molecule has 0 spiro atoms. The summed E-state index contributed by atoms with van der Waals surface area (Å²) in [6.07, 6.45) is 9.90. The van der Waals surface area contributed by atoms with E-state index in [1.807, 2.05) is 54.9 Å². The van der Waals surface area contributed by atoms with Gasteiger partial charge in [-0.3, -0.25) is 19.8 Å². The number of piperidine rings is 6. The highest BCUT2D eigenvalue weighted by Gasteiger charge is 2.47. The van der Waals surface area contributed by atoms with Crippen LogP contribution < -0.4 is 18.9 Å². The van der Waals surface area contributed by atoms with Crippen molar-refractivity contribution in [1.82, 2.24) is 29.7 Å². The van der Waals surface area contributed by atoms with Gasteiger partial charge in [0.2, 0.25) is 11.8 Å². The SMILES string of the molecule is CCC1CN2CCC1CC2[C@@H](Oc1nc(-c2ccccc2)nc(O[C@@H](c2ccnc3ccc(OC)cc23)C2C[C@H]3CCN2CC3CC)c1-c1ccccc1)c1ccnc2ccc(OC)cc12. The summed E-state index contributed by atoms with van der Waals surface area (Å²) in [5, 5.41) is 2.02. The van der Waals surface area contributed by atoms with Gasteiger partial charge in [0, 0.05) is 52.9 Å². The number of hydrogen-bond acceptors (Lipinski definition) is 10. The molecule has 4 aromatic carbocycles. The van der Waals surface area contributed by atoms with Gasteiger partial charge in [0.05, 0.1) is 37.3 Å². The molecule has 10 heteroatoms. The number of rotatable bonds is 14. The summed E-state index contributed by atoms with van der Waals surface area (Å²) in [7, 11) is 3.44. The van der Waals surface area contributed by atoms with Gasteiger partial charge in [0.25, 0.3) is 0 Å². The third kappa shape index (κ3) is 7.91. The average molecular weight is 881 g/mol. The van der Waals surface area contributed by atoms with E-state index in [9.17, 15) is 0 Å². The maximum atomic E-state index is 7.76. The molecule has 6 fully saturated rings. The number of pyridine rings is 2. The Kier molecular flexibility index (Phi) is 11.8. The van der Waals surface area contributed by atoms with E-state index >= 15 is 0 Å². The lowest BCUT2D eigenvalue weighted by atomic mass is 9.72. The smallest absolute Gasteiger partial charge is 0.229 e. The maximum Gasteiger partial charge on any atom is 0.229 e. The van der Waals surface area contributed by atoms with Crippen LogP contribution in [0.4, 0.5) is 0 Å². The van der Waals surface area contributed by atoms with E-state index < -0.39 is 12.2 Å². The number of fused-ring (bicyclic) bond motifs is 8. The van der Waals surface area contributed by atoms with Crippen molar-refractivity contribution in [1.29, 1.82) is 0 Å². The molecule has 0 amide bonds. The number of benzene rings is 4. The van der Waals surface area contributed by atoms with Gasteiger partial charge in [-0.05, 0) is 117 Å². The van der Waals surface area contributed by atoms with Crippen molar-refractivity contribution in [3.63, 3.8) is 0 Å². The first kappa shape index (κ1) is 42.5. The second kappa shape index (κ2) is 18.3. The number of hydrogen-bond donors (Lipinski definition) is 0. The molecule has 10 nitrogen and oxygen atoms in total. The highest BCUT2D eigenvalue weighted by molar-refractivity contribution is 5.85. The number of nitrogens with zero attached hydrogens (tertiary/aromatic N) is 6. The average Bonchev–Trinajstić information content (AvgIpc) is 3.39. The van der Waals surface area contributed by atoms with Gasteiger partial charge < -0.3 is 18.9 Å². The number of methoxy groups -OCH3 is 2. The number of aromatic nitrogens is 4. The van der Waals surface area contributed by atoms with Gasteiger partial charge in [-0.1, -0.05) is 87.4 Å². The molecule has 338 valence electrons. The van der Waals surface area contributed by atoms with E-state index in [0.717, 1.165) is 100 Å². The van der Waals surface area contributed by atoms with Crippen molar-refractivity contribution >= 4 is 21.8 Å². The Hall–Kier alpha value is -6.10. The van der Waals surface area contributed by atoms with Crippen LogP contribution in [0.3, 0.4) is 0 Å². The monoisotopic (exact) mass is 880 g/mol. The summed E-state index contributed by atoms with van der Waals surface area (Å²) in [5.74, 6) is 5.70. The highest BCUT2D eigenvalue weighted by Crippen LogP contribution is 2.50. The second-order valence-electron chi connectivity index (χ2n) is 18.9. The van der Waals surface area contributed by atoms with E-state index in [0.29, 0.717) is 41.3 Å². The van der Waals surface area contributed by atoms with Crippen LogP contribution in [0.1, 0.15) is 75.7 Å². The quantitative estimate of drug-likeness (QED) is 0.105. The van der Waals surface area contributed by atoms with Gasteiger partial charge in [-0.25, -0.2) is 0 Å². The van der Waals surface area contributed by atoms with Crippen LogP contribution in [0.15, 0.2) is 122 Å². The second-order valence-corrected chi connectivity index (χ2v) is 18.9. The standard InChI is InChI=1S/C56H60N6O4/c1-5-35-33-61-27-23-39(35)29-49(61)52(43-21-25-57-47-19-17-41(63-3)31-45(43)47)65-55-51(37-13-9-7-10-14-37)56(60-54(59-55)38-15-11-8-12-16-38)66-53(50-30-40-24-28-62(50)34-36(40)6-2)44-22-26-58-48-20-18-42(64-4)32-46(44)48/h7-22,25-26,31-32,35-36,39-40,49-50,52-53H,5-6,23-24,27-30,33-34H2,1-4H3/t35?,36?,39-,40?,49?,50?,52+,53+/m1/s1. The van der Waals surface area contributed by atoms with Crippen molar-refractivity contribution in [2.45, 2.75) is 76.7 Å². The Bertz CT molecular complexity index is 2680. The Morgan fingerprint density at radius 1 is 0.576 bits per heavy atom. The van der Waals surface area contributed by atoms with Crippen LogP contribution >= 0.6 is 0 Å². The molecule has 6 saturated heterocycles. The van der Waals surface area contributed by atoms with Gasteiger partial charge in [-0.2, -0.15) is 9.97 Å². The van der Waals surface area contributed by atoms with Crippen LogP contribution in [0.2, 0.25) is 0 Å². The van der Waals surface area contributed by atoms with E-state index in [2.05, 4.69) is 90.4 Å². The predicted molar refractivity (Wildman–Crippen MR) is 260 cm³/mol. The Balaban J connectivity index is 1.13. The lowest BCUT2D eigenvalue weighted by Gasteiger charge is -2.52. The minimum atomic E-state index is -0.393. The van der Waals surface area contributed by atoms with Gasteiger partial charge in [-0.15, -0.1) is 0 Å². The van der Waals surface area contributed by atoms with Crippen molar-refractivity contribution in [3.8, 4) is 45.8 Å². The van der Waals surface area contributed by atoms with Crippen LogP contribution in [0, 0.1) is 23.7 Å². The molecule has 7 unspecified atom stereocenters. The molecule has 0 aliphatic carbocycles. The first-order valence-electron chi connectivity index (χ1n) is 24.2. The molecular weight excluding hydrogens is 821 g/mol. The van der Waals surface area contributed by atoms with E-state index in [1.165, 1.54) is 25.7 Å². The normalized spacial score (nSPS) is 25.4. The molecule has 66 heavy (non-hydrogen) atoms. The fourth-order valence-corrected chi connectivity index (χ4v) is 12.1. The minimum Gasteiger partial charge on any atom is -0.497 e. The molecule has 9 heterocycles. The minimum absolute atomic E-state index is 0.106. The summed E-state index contributed by atoms with van der Waals surface area (Å²) < 4.78 is 27.2. The van der Waals surface area contributed by atoms with E-state index in [4.69, 9.17) is 38.9 Å². The summed E-state index contributed by atoms with van der Waals surface area (Å²) in [6.45, 7) is 8.88. The largest absolute Gasteiger partial charge is 0.497 e. The van der Waals surface area contributed by atoms with Crippen molar-refractivity contribution in [2.24, 2.45) is 23.7 Å². The summed E-state index contributed by atoms with van der Waals surface area (Å²) >= 11 is 0. The molecular formula is C56H60N6O4. The topological polar surface area (TPSA) is 95.0 Å². The number of ether oxygens (including phenoxy) is 4. The molecule has 6 aliphatic heterocycles. The third-order valence-electron chi connectivity index (χ3n) is 15.6. The molecule has 0 N–H and O–H groups in total. The van der Waals surface area contributed by atoms with Crippen LogP contribution in [-0.2, 0) is 0 Å². The molecule has 13 rings (SSSR count). The fraction of sp³-hybridized carbons (Fsp3) is 0.393. The summed E-state index contributed by atoms with van der Waals surface area (Å²) in [6, 6.07) is 37.4. The first-order chi connectivity index (χ1) is 32.5. The Morgan fingerprint density at radius 2 is 1.05 bits per heavy atom. The van der Waals surface area contributed by atoms with Crippen molar-refractivity contribution in [3.05, 3.63) is 133 Å². The molecule has 3 aromatic heterocycles. The Labute approximate surface area is 388 Å². The zero-order chi connectivity index (χ0) is 44.7. The molecule has 4 bridgehead atoms. The predicted octanol–water partition coefficient (Wildman–Crippen LogP) is 11.4. The van der Waals surface area contributed by atoms with Gasteiger partial charge in [0.15, 0.2) is 5.82 Å². The van der Waals surface area contributed by atoms with E-state index in [-0.39, 0.29) is 12.1 Å². The van der Waals surface area contributed by atoms with Crippen LogP contribution in [-0.4, -0.2) is 82.2 Å². The molecule has 6 aliphatic rings.